The fraction of sp³-hybridized carbons (Fsp3) is 0.273. The summed E-state index contributed by atoms with van der Waals surface area (Å²) >= 11 is 1.31. The van der Waals surface area contributed by atoms with Crippen LogP contribution in [-0.4, -0.2) is 29.7 Å². The zero-order valence-corrected chi connectivity index (χ0v) is 16.4. The second-order valence-electron chi connectivity index (χ2n) is 7.59. The van der Waals surface area contributed by atoms with Crippen LogP contribution in [0.4, 0.5) is 9.52 Å². The Balaban J connectivity index is 1.37. The minimum absolute atomic E-state index is 0.0432. The summed E-state index contributed by atoms with van der Waals surface area (Å²) < 4.78 is 14.5. The number of aliphatic imine (C=N–C) groups is 1. The maximum absolute atomic E-state index is 13.9. The lowest BCUT2D eigenvalue weighted by atomic mass is 9.75. The first-order valence-corrected chi connectivity index (χ1v) is 10.4. The predicted molar refractivity (Wildman–Crippen MR) is 112 cm³/mol. The number of amides is 1. The summed E-state index contributed by atoms with van der Waals surface area (Å²) in [7, 11) is 0. The van der Waals surface area contributed by atoms with Gasteiger partial charge in [0, 0.05) is 24.2 Å². The second-order valence-corrected chi connectivity index (χ2v) is 8.60. The lowest BCUT2D eigenvalue weighted by molar-refractivity contribution is -0.127. The number of hydrogen-bond donors (Lipinski definition) is 0. The normalized spacial score (nSPS) is 18.4. The Morgan fingerprint density at radius 3 is 2.52 bits per heavy atom. The quantitative estimate of drug-likeness (QED) is 0.648. The number of anilines is 1. The number of rotatable bonds is 2. The van der Waals surface area contributed by atoms with Gasteiger partial charge >= 0.3 is 0 Å². The van der Waals surface area contributed by atoms with Crippen molar-refractivity contribution >= 4 is 38.2 Å². The Bertz CT molecular complexity index is 1200. The van der Waals surface area contributed by atoms with Crippen LogP contribution >= 0.6 is 11.3 Å². The maximum atomic E-state index is 13.9. The highest BCUT2D eigenvalue weighted by atomic mass is 32.1. The smallest absolute Gasteiger partial charge is 0.284 e. The minimum atomic E-state index is -0.543. The number of nitrogens with zero attached hydrogens (tertiary/aromatic N) is 3. The molecule has 0 saturated carbocycles. The summed E-state index contributed by atoms with van der Waals surface area (Å²) in [4.78, 5) is 35.5. The second kappa shape index (κ2) is 6.84. The van der Waals surface area contributed by atoms with Crippen LogP contribution in [0, 0.1) is 11.2 Å². The van der Waals surface area contributed by atoms with Gasteiger partial charge in [0.1, 0.15) is 5.82 Å². The Labute approximate surface area is 170 Å². The maximum Gasteiger partial charge on any atom is 0.284 e. The Kier molecular flexibility index (Phi) is 4.28. The first-order valence-electron chi connectivity index (χ1n) is 9.57. The van der Waals surface area contributed by atoms with Crippen LogP contribution < -0.4 is 10.5 Å². The largest absolute Gasteiger partial charge is 0.348 e. The molecule has 2 aliphatic heterocycles. The standard InChI is InChI=1S/C22H18FN3O2S/c23-15-7-4-8-17-18(15)19(27)25-21(29-17)26-11-9-22(10-12-26)13-16(24-20(22)28)14-5-2-1-3-6-14/h1-8H,9-13H2. The van der Waals surface area contributed by atoms with Crippen molar-refractivity contribution in [2.75, 3.05) is 18.0 Å². The number of carbonyl (C=O) groups excluding carboxylic acids is 1. The summed E-state index contributed by atoms with van der Waals surface area (Å²) in [5, 5.41) is 0.624. The molecular weight excluding hydrogens is 389 g/mol. The van der Waals surface area contributed by atoms with Crippen molar-refractivity contribution in [3.63, 3.8) is 0 Å². The number of halogens is 1. The molecule has 1 aromatic heterocycles. The third kappa shape index (κ3) is 3.06. The molecule has 0 aliphatic carbocycles. The van der Waals surface area contributed by atoms with Gasteiger partial charge in [0.05, 0.1) is 16.5 Å². The first-order chi connectivity index (χ1) is 14.1. The summed E-state index contributed by atoms with van der Waals surface area (Å²) in [6.45, 7) is 1.24. The summed E-state index contributed by atoms with van der Waals surface area (Å²) in [6, 6.07) is 14.4. The van der Waals surface area contributed by atoms with Gasteiger partial charge in [-0.05, 0) is 30.5 Å². The van der Waals surface area contributed by atoms with Crippen LogP contribution in [-0.2, 0) is 4.79 Å². The van der Waals surface area contributed by atoms with Gasteiger partial charge in [-0.15, -0.1) is 0 Å². The van der Waals surface area contributed by atoms with Crippen molar-refractivity contribution in [3.05, 3.63) is 70.3 Å². The molecule has 7 heteroatoms. The van der Waals surface area contributed by atoms with Gasteiger partial charge in [0.25, 0.3) is 11.5 Å². The molecule has 1 spiro atoms. The molecule has 146 valence electrons. The van der Waals surface area contributed by atoms with E-state index in [1.165, 1.54) is 17.4 Å². The van der Waals surface area contributed by atoms with E-state index >= 15 is 0 Å². The van der Waals surface area contributed by atoms with Crippen molar-refractivity contribution in [1.82, 2.24) is 4.98 Å². The molecule has 0 unspecified atom stereocenters. The predicted octanol–water partition coefficient (Wildman–Crippen LogP) is 3.80. The van der Waals surface area contributed by atoms with Crippen LogP contribution in [0.15, 0.2) is 58.3 Å². The van der Waals surface area contributed by atoms with Crippen molar-refractivity contribution in [1.29, 1.82) is 0 Å². The number of carbonyl (C=O) groups is 1. The van der Waals surface area contributed by atoms with Crippen LogP contribution in [0.2, 0.25) is 0 Å². The average Bonchev–Trinajstić information content (AvgIpc) is 3.05. The van der Waals surface area contributed by atoms with Gasteiger partial charge in [-0.2, -0.15) is 4.98 Å². The lowest BCUT2D eigenvalue weighted by Gasteiger charge is -2.37. The molecule has 3 heterocycles. The van der Waals surface area contributed by atoms with Gasteiger partial charge in [-0.25, -0.2) is 9.38 Å². The number of piperidine rings is 1. The van der Waals surface area contributed by atoms with E-state index in [0.717, 1.165) is 11.3 Å². The van der Waals surface area contributed by atoms with Gasteiger partial charge in [0.15, 0.2) is 5.13 Å². The number of benzene rings is 2. The van der Waals surface area contributed by atoms with E-state index in [1.807, 2.05) is 35.2 Å². The third-order valence-corrected chi connectivity index (χ3v) is 6.97. The molecule has 1 amide bonds. The highest BCUT2D eigenvalue weighted by Gasteiger charge is 2.46. The summed E-state index contributed by atoms with van der Waals surface area (Å²) in [6.07, 6.45) is 1.97. The molecule has 29 heavy (non-hydrogen) atoms. The number of fused-ring (bicyclic) bond motifs is 1. The van der Waals surface area contributed by atoms with Crippen LogP contribution in [0.25, 0.3) is 10.1 Å². The highest BCUT2D eigenvalue weighted by Crippen LogP contribution is 2.43. The molecule has 1 fully saturated rings. The minimum Gasteiger partial charge on any atom is -0.348 e. The molecule has 5 nitrogen and oxygen atoms in total. The number of aromatic nitrogens is 1. The Hall–Kier alpha value is -2.93. The van der Waals surface area contributed by atoms with Crippen LogP contribution in [0.5, 0.6) is 0 Å². The van der Waals surface area contributed by atoms with E-state index in [2.05, 4.69) is 9.98 Å². The van der Waals surface area contributed by atoms with Gasteiger partial charge in [-0.3, -0.25) is 9.59 Å². The van der Waals surface area contributed by atoms with Crippen molar-refractivity contribution in [2.24, 2.45) is 10.4 Å². The fourth-order valence-electron chi connectivity index (χ4n) is 4.19. The van der Waals surface area contributed by atoms with Crippen molar-refractivity contribution in [2.45, 2.75) is 19.3 Å². The van der Waals surface area contributed by atoms with Crippen LogP contribution in [0.3, 0.4) is 0 Å². The molecule has 3 aromatic rings. The summed E-state index contributed by atoms with van der Waals surface area (Å²) in [5.74, 6) is -0.583. The third-order valence-electron chi connectivity index (χ3n) is 5.88. The molecule has 1 saturated heterocycles. The summed E-state index contributed by atoms with van der Waals surface area (Å²) in [5.41, 5.74) is 0.846. The number of hydrogen-bond acceptors (Lipinski definition) is 5. The van der Waals surface area contributed by atoms with Gasteiger partial charge in [0.2, 0.25) is 0 Å². The molecule has 0 bridgehead atoms. The zero-order valence-electron chi connectivity index (χ0n) is 15.6. The lowest BCUT2D eigenvalue weighted by Crippen LogP contribution is -2.43. The molecule has 0 N–H and O–H groups in total. The fourth-order valence-corrected chi connectivity index (χ4v) is 5.26. The molecule has 0 atom stereocenters. The van der Waals surface area contributed by atoms with Crippen molar-refractivity contribution < 1.29 is 9.18 Å². The Morgan fingerprint density at radius 2 is 1.76 bits per heavy atom. The van der Waals surface area contributed by atoms with E-state index in [0.29, 0.717) is 42.2 Å². The first kappa shape index (κ1) is 18.1. The zero-order chi connectivity index (χ0) is 20.0. The molecule has 0 radical (unpaired) electrons. The monoisotopic (exact) mass is 407 g/mol. The van der Waals surface area contributed by atoms with Crippen LogP contribution in [0.1, 0.15) is 24.8 Å². The Morgan fingerprint density at radius 1 is 1.00 bits per heavy atom. The van der Waals surface area contributed by atoms with E-state index in [9.17, 15) is 14.0 Å². The molecular formula is C22H18FN3O2S. The molecule has 5 rings (SSSR count). The van der Waals surface area contributed by atoms with Crippen molar-refractivity contribution in [3.8, 4) is 0 Å². The van der Waals surface area contributed by atoms with E-state index in [4.69, 9.17) is 0 Å². The average molecular weight is 407 g/mol. The topological polar surface area (TPSA) is 62.6 Å². The SMILES string of the molecule is O=C1N=C(c2ccccc2)CC12CCN(c1nc(=O)c3c(F)cccc3s1)CC2. The van der Waals surface area contributed by atoms with Gasteiger partial charge < -0.3 is 4.90 Å². The van der Waals surface area contributed by atoms with E-state index < -0.39 is 16.8 Å². The van der Waals surface area contributed by atoms with Gasteiger partial charge in [-0.1, -0.05) is 47.7 Å². The van der Waals surface area contributed by atoms with E-state index in [1.54, 1.807) is 12.1 Å². The molecule has 2 aromatic carbocycles. The highest BCUT2D eigenvalue weighted by molar-refractivity contribution is 7.21. The molecule has 2 aliphatic rings. The van der Waals surface area contributed by atoms with E-state index in [-0.39, 0.29) is 11.3 Å².